The highest BCUT2D eigenvalue weighted by Gasteiger charge is 2.21. The fourth-order valence-corrected chi connectivity index (χ4v) is 2.84. The van der Waals surface area contributed by atoms with Gasteiger partial charge >= 0.3 is 0 Å². The van der Waals surface area contributed by atoms with Crippen LogP contribution in [0.4, 0.5) is 5.69 Å². The van der Waals surface area contributed by atoms with Crippen LogP contribution < -0.4 is 15.4 Å². The Hall–Kier alpha value is -1.26. The first-order chi connectivity index (χ1) is 9.15. The van der Waals surface area contributed by atoms with Gasteiger partial charge in [0.1, 0.15) is 5.75 Å². The number of ether oxygens (including phenoxy) is 1. The Morgan fingerprint density at radius 1 is 1.37 bits per heavy atom. The monoisotopic (exact) mass is 263 g/mol. The Kier molecular flexibility index (Phi) is 4.66. The van der Waals surface area contributed by atoms with Gasteiger partial charge < -0.3 is 20.3 Å². The maximum atomic E-state index is 5.88. The van der Waals surface area contributed by atoms with E-state index in [1.165, 1.54) is 17.7 Å². The van der Waals surface area contributed by atoms with Crippen LogP contribution in [0.5, 0.6) is 5.75 Å². The van der Waals surface area contributed by atoms with E-state index >= 15 is 0 Å². The lowest BCUT2D eigenvalue weighted by Crippen LogP contribution is -2.38. The second-order valence-electron chi connectivity index (χ2n) is 5.36. The third kappa shape index (κ3) is 3.19. The second-order valence-corrected chi connectivity index (χ2v) is 5.36. The van der Waals surface area contributed by atoms with E-state index in [-0.39, 0.29) is 0 Å². The molecule has 2 rings (SSSR count). The van der Waals surface area contributed by atoms with E-state index in [1.54, 1.807) is 7.11 Å². The minimum atomic E-state index is 0.491. The van der Waals surface area contributed by atoms with Crippen LogP contribution in [-0.4, -0.2) is 44.7 Å². The predicted octanol–water partition coefficient (Wildman–Crippen LogP) is 1.68. The molecule has 1 fully saturated rings. The minimum absolute atomic E-state index is 0.491. The molecule has 0 amide bonds. The van der Waals surface area contributed by atoms with Crippen molar-refractivity contribution in [1.29, 1.82) is 0 Å². The number of anilines is 1. The largest absolute Gasteiger partial charge is 0.497 e. The number of benzene rings is 1. The van der Waals surface area contributed by atoms with Crippen molar-refractivity contribution in [2.24, 2.45) is 5.73 Å². The summed E-state index contributed by atoms with van der Waals surface area (Å²) < 4.78 is 5.35. The number of nitrogens with zero attached hydrogens (tertiary/aromatic N) is 2. The maximum Gasteiger partial charge on any atom is 0.120 e. The van der Waals surface area contributed by atoms with Gasteiger partial charge in [-0.2, -0.15) is 0 Å². The topological polar surface area (TPSA) is 41.7 Å². The third-order valence-electron chi connectivity index (χ3n) is 3.87. The summed E-state index contributed by atoms with van der Waals surface area (Å²) in [6, 6.07) is 6.67. The molecule has 0 aromatic heterocycles. The molecule has 1 aromatic rings. The maximum absolute atomic E-state index is 5.88. The van der Waals surface area contributed by atoms with Crippen LogP contribution in [0, 0.1) is 0 Å². The average molecular weight is 263 g/mol. The fourth-order valence-electron chi connectivity index (χ4n) is 2.84. The molecule has 0 aliphatic carbocycles. The van der Waals surface area contributed by atoms with Gasteiger partial charge in [0.2, 0.25) is 0 Å². The first-order valence-corrected chi connectivity index (χ1v) is 6.98. The highest BCUT2D eigenvalue weighted by molar-refractivity contribution is 5.58. The van der Waals surface area contributed by atoms with E-state index in [0.717, 1.165) is 25.4 Å². The first kappa shape index (κ1) is 14.2. The van der Waals surface area contributed by atoms with E-state index in [4.69, 9.17) is 10.5 Å². The second kappa shape index (κ2) is 6.26. The van der Waals surface area contributed by atoms with E-state index in [1.807, 2.05) is 6.07 Å². The summed E-state index contributed by atoms with van der Waals surface area (Å²) in [7, 11) is 3.90. The normalized spacial score (nSPS) is 21.3. The summed E-state index contributed by atoms with van der Waals surface area (Å²) in [5.74, 6) is 0.900. The smallest absolute Gasteiger partial charge is 0.120 e. The predicted molar refractivity (Wildman–Crippen MR) is 79.8 cm³/mol. The summed E-state index contributed by atoms with van der Waals surface area (Å²) >= 11 is 0. The summed E-state index contributed by atoms with van der Waals surface area (Å²) in [5, 5.41) is 0. The SMILES string of the molecule is COc1ccc(CN)c(N2CCCN(C)CC2C)c1. The van der Waals surface area contributed by atoms with Gasteiger partial charge in [-0.05, 0) is 38.6 Å². The molecule has 4 nitrogen and oxygen atoms in total. The lowest BCUT2D eigenvalue weighted by Gasteiger charge is -2.32. The van der Waals surface area contributed by atoms with Crippen molar-refractivity contribution >= 4 is 5.69 Å². The van der Waals surface area contributed by atoms with E-state index in [0.29, 0.717) is 12.6 Å². The van der Waals surface area contributed by atoms with Crippen molar-refractivity contribution in [1.82, 2.24) is 4.90 Å². The number of nitrogens with two attached hydrogens (primary N) is 1. The number of methoxy groups -OCH3 is 1. The van der Waals surface area contributed by atoms with Crippen LogP contribution >= 0.6 is 0 Å². The standard InChI is InChI=1S/C15H25N3O/c1-12-11-17(2)7-4-8-18(12)15-9-14(19-3)6-5-13(15)10-16/h5-6,9,12H,4,7-8,10-11,16H2,1-3H3. The molecule has 0 spiro atoms. The molecule has 1 aliphatic heterocycles. The Morgan fingerprint density at radius 3 is 2.84 bits per heavy atom. The Morgan fingerprint density at radius 2 is 2.16 bits per heavy atom. The van der Waals surface area contributed by atoms with Crippen molar-refractivity contribution < 1.29 is 4.74 Å². The zero-order chi connectivity index (χ0) is 13.8. The molecule has 106 valence electrons. The van der Waals surface area contributed by atoms with Crippen LogP contribution in [-0.2, 0) is 6.54 Å². The van der Waals surface area contributed by atoms with Gasteiger partial charge in [0.25, 0.3) is 0 Å². The number of rotatable bonds is 3. The van der Waals surface area contributed by atoms with Gasteiger partial charge in [-0.25, -0.2) is 0 Å². The van der Waals surface area contributed by atoms with E-state index < -0.39 is 0 Å². The molecule has 19 heavy (non-hydrogen) atoms. The van der Waals surface area contributed by atoms with Gasteiger partial charge in [-0.3, -0.25) is 0 Å². The Labute approximate surface area is 116 Å². The van der Waals surface area contributed by atoms with Crippen molar-refractivity contribution in [3.63, 3.8) is 0 Å². The van der Waals surface area contributed by atoms with Gasteiger partial charge in [-0.15, -0.1) is 0 Å². The Bertz CT molecular complexity index is 422. The van der Waals surface area contributed by atoms with Gasteiger partial charge in [0, 0.05) is 37.4 Å². The molecule has 0 bridgehead atoms. The van der Waals surface area contributed by atoms with Crippen LogP contribution in [0.25, 0.3) is 0 Å². The number of likely N-dealkylation sites (N-methyl/N-ethyl adjacent to an activating group) is 1. The van der Waals surface area contributed by atoms with Gasteiger partial charge in [-0.1, -0.05) is 6.07 Å². The summed E-state index contributed by atoms with van der Waals surface area (Å²) in [5.41, 5.74) is 8.30. The van der Waals surface area contributed by atoms with Crippen molar-refractivity contribution in [3.8, 4) is 5.75 Å². The van der Waals surface area contributed by atoms with Gasteiger partial charge in [0.15, 0.2) is 0 Å². The zero-order valence-electron chi connectivity index (χ0n) is 12.2. The molecule has 4 heteroatoms. The van der Waals surface area contributed by atoms with Crippen molar-refractivity contribution in [2.75, 3.05) is 38.7 Å². The quantitative estimate of drug-likeness (QED) is 0.901. The third-order valence-corrected chi connectivity index (χ3v) is 3.87. The average Bonchev–Trinajstić information content (AvgIpc) is 2.58. The van der Waals surface area contributed by atoms with Crippen LogP contribution in [0.2, 0.25) is 0 Å². The molecule has 1 atom stereocenters. The molecule has 1 aromatic carbocycles. The number of hydrogen-bond acceptors (Lipinski definition) is 4. The van der Waals surface area contributed by atoms with E-state index in [2.05, 4.69) is 35.9 Å². The molecule has 1 unspecified atom stereocenters. The minimum Gasteiger partial charge on any atom is -0.497 e. The molecule has 2 N–H and O–H groups in total. The molecular weight excluding hydrogens is 238 g/mol. The first-order valence-electron chi connectivity index (χ1n) is 6.98. The highest BCUT2D eigenvalue weighted by atomic mass is 16.5. The fraction of sp³-hybridized carbons (Fsp3) is 0.600. The molecule has 1 heterocycles. The van der Waals surface area contributed by atoms with Crippen LogP contribution in [0.15, 0.2) is 18.2 Å². The van der Waals surface area contributed by atoms with Crippen LogP contribution in [0.3, 0.4) is 0 Å². The summed E-state index contributed by atoms with van der Waals surface area (Å²) in [6.07, 6.45) is 1.18. The molecule has 1 saturated heterocycles. The van der Waals surface area contributed by atoms with Crippen LogP contribution in [0.1, 0.15) is 18.9 Å². The molecule has 0 radical (unpaired) electrons. The Balaban J connectivity index is 2.32. The number of hydrogen-bond donors (Lipinski definition) is 1. The molecular formula is C15H25N3O. The molecule has 0 saturated carbocycles. The van der Waals surface area contributed by atoms with E-state index in [9.17, 15) is 0 Å². The lowest BCUT2D eigenvalue weighted by atomic mass is 10.1. The summed E-state index contributed by atoms with van der Waals surface area (Å²) in [4.78, 5) is 4.86. The zero-order valence-corrected chi connectivity index (χ0v) is 12.2. The van der Waals surface area contributed by atoms with Gasteiger partial charge in [0.05, 0.1) is 7.11 Å². The summed E-state index contributed by atoms with van der Waals surface area (Å²) in [6.45, 7) is 6.16. The lowest BCUT2D eigenvalue weighted by molar-refractivity contribution is 0.337. The highest BCUT2D eigenvalue weighted by Crippen LogP contribution is 2.28. The van der Waals surface area contributed by atoms with Crippen molar-refractivity contribution in [2.45, 2.75) is 25.9 Å². The van der Waals surface area contributed by atoms with Crippen molar-refractivity contribution in [3.05, 3.63) is 23.8 Å². The molecule has 1 aliphatic rings.